The van der Waals surface area contributed by atoms with Crippen molar-refractivity contribution in [1.82, 2.24) is 5.32 Å². The van der Waals surface area contributed by atoms with Gasteiger partial charge >= 0.3 is 0 Å². The molecule has 0 spiro atoms. The first-order valence-electron chi connectivity index (χ1n) is 8.71. The standard InChI is InChI=1S/C21H22ClN3O4/c1-27-18-7-5-16(22)11-17(18)25-13-15(12-23)21(26)24-9-8-14-4-6-19(28-2)20(10-14)29-3/h4-7,10-11,13,25H,8-9H2,1-3H3,(H,24,26)/b15-13-. The predicted molar refractivity (Wildman–Crippen MR) is 112 cm³/mol. The molecule has 2 rings (SSSR count). The Morgan fingerprint density at radius 1 is 1.07 bits per heavy atom. The van der Waals surface area contributed by atoms with Crippen LogP contribution in [0.4, 0.5) is 5.69 Å². The summed E-state index contributed by atoms with van der Waals surface area (Å²) < 4.78 is 15.7. The first-order chi connectivity index (χ1) is 14.0. The van der Waals surface area contributed by atoms with Gasteiger partial charge in [-0.1, -0.05) is 17.7 Å². The molecule has 29 heavy (non-hydrogen) atoms. The number of nitrogens with one attached hydrogen (secondary N) is 2. The van der Waals surface area contributed by atoms with Crippen LogP contribution >= 0.6 is 11.6 Å². The van der Waals surface area contributed by atoms with Gasteiger partial charge < -0.3 is 24.8 Å². The summed E-state index contributed by atoms with van der Waals surface area (Å²) in [4.78, 5) is 12.3. The van der Waals surface area contributed by atoms with Gasteiger partial charge in [0.1, 0.15) is 17.4 Å². The lowest BCUT2D eigenvalue weighted by Gasteiger charge is -2.10. The van der Waals surface area contributed by atoms with Crippen LogP contribution in [0.5, 0.6) is 17.2 Å². The van der Waals surface area contributed by atoms with E-state index in [0.717, 1.165) is 5.56 Å². The van der Waals surface area contributed by atoms with Crippen molar-refractivity contribution in [3.05, 3.63) is 58.8 Å². The number of ether oxygens (including phenoxy) is 3. The van der Waals surface area contributed by atoms with Gasteiger partial charge in [0.2, 0.25) is 0 Å². The number of methoxy groups -OCH3 is 3. The number of nitrogens with zero attached hydrogens (tertiary/aromatic N) is 1. The highest BCUT2D eigenvalue weighted by Gasteiger charge is 2.10. The van der Waals surface area contributed by atoms with Crippen molar-refractivity contribution in [2.45, 2.75) is 6.42 Å². The van der Waals surface area contributed by atoms with Crippen molar-refractivity contribution in [2.75, 3.05) is 33.2 Å². The van der Waals surface area contributed by atoms with Gasteiger partial charge in [-0.25, -0.2) is 0 Å². The molecule has 0 bridgehead atoms. The molecule has 0 aliphatic carbocycles. The van der Waals surface area contributed by atoms with E-state index in [4.69, 9.17) is 25.8 Å². The van der Waals surface area contributed by atoms with Crippen LogP contribution in [0.3, 0.4) is 0 Å². The summed E-state index contributed by atoms with van der Waals surface area (Å²) in [5.41, 5.74) is 1.44. The van der Waals surface area contributed by atoms with E-state index in [1.54, 1.807) is 38.5 Å². The Hall–Kier alpha value is -3.37. The molecule has 1 amide bonds. The van der Waals surface area contributed by atoms with E-state index in [1.807, 2.05) is 18.2 Å². The van der Waals surface area contributed by atoms with Gasteiger partial charge in [-0.15, -0.1) is 0 Å². The van der Waals surface area contributed by atoms with Gasteiger partial charge in [0.05, 0.1) is 27.0 Å². The molecule has 2 aromatic carbocycles. The molecule has 8 heteroatoms. The number of hydrogen-bond donors (Lipinski definition) is 2. The predicted octanol–water partition coefficient (Wildman–Crippen LogP) is 3.54. The fourth-order valence-electron chi connectivity index (χ4n) is 2.54. The number of rotatable bonds is 9. The van der Waals surface area contributed by atoms with E-state index in [9.17, 15) is 10.1 Å². The van der Waals surface area contributed by atoms with E-state index in [-0.39, 0.29) is 5.57 Å². The van der Waals surface area contributed by atoms with Crippen molar-refractivity contribution in [3.63, 3.8) is 0 Å². The summed E-state index contributed by atoms with van der Waals surface area (Å²) >= 11 is 5.98. The monoisotopic (exact) mass is 415 g/mol. The molecule has 152 valence electrons. The fraction of sp³-hybridized carbons (Fsp3) is 0.238. The molecular weight excluding hydrogens is 394 g/mol. The molecule has 2 aromatic rings. The lowest BCUT2D eigenvalue weighted by molar-refractivity contribution is -0.117. The van der Waals surface area contributed by atoms with Gasteiger partial charge in [-0.2, -0.15) is 5.26 Å². The van der Waals surface area contributed by atoms with E-state index >= 15 is 0 Å². The Balaban J connectivity index is 1.97. The summed E-state index contributed by atoms with van der Waals surface area (Å²) in [6.07, 6.45) is 1.89. The maximum atomic E-state index is 12.3. The maximum Gasteiger partial charge on any atom is 0.263 e. The Morgan fingerprint density at radius 2 is 1.76 bits per heavy atom. The van der Waals surface area contributed by atoms with E-state index < -0.39 is 5.91 Å². The quantitative estimate of drug-likeness (QED) is 0.480. The van der Waals surface area contributed by atoms with Crippen LogP contribution in [0.25, 0.3) is 0 Å². The second-order valence-corrected chi connectivity index (χ2v) is 6.29. The number of amides is 1. The Bertz CT molecular complexity index is 938. The van der Waals surface area contributed by atoms with Crippen LogP contribution in [-0.4, -0.2) is 33.8 Å². The second-order valence-electron chi connectivity index (χ2n) is 5.85. The molecule has 0 atom stereocenters. The van der Waals surface area contributed by atoms with E-state index in [0.29, 0.717) is 40.9 Å². The van der Waals surface area contributed by atoms with Gasteiger partial charge in [0, 0.05) is 17.8 Å². The second kappa shape index (κ2) is 10.8. The first-order valence-corrected chi connectivity index (χ1v) is 9.09. The number of anilines is 1. The largest absolute Gasteiger partial charge is 0.495 e. The molecule has 0 heterocycles. The molecule has 0 aliphatic heterocycles. The summed E-state index contributed by atoms with van der Waals surface area (Å²) in [6.45, 7) is 0.355. The van der Waals surface area contributed by atoms with Crippen LogP contribution in [-0.2, 0) is 11.2 Å². The van der Waals surface area contributed by atoms with Crippen LogP contribution in [0.1, 0.15) is 5.56 Å². The number of hydrogen-bond acceptors (Lipinski definition) is 6. The van der Waals surface area contributed by atoms with E-state index in [2.05, 4.69) is 10.6 Å². The van der Waals surface area contributed by atoms with Crippen LogP contribution in [0, 0.1) is 11.3 Å². The fourth-order valence-corrected chi connectivity index (χ4v) is 2.72. The van der Waals surface area contributed by atoms with Gasteiger partial charge in [0.15, 0.2) is 11.5 Å². The zero-order valence-electron chi connectivity index (χ0n) is 16.4. The third-order valence-corrected chi connectivity index (χ3v) is 4.28. The lowest BCUT2D eigenvalue weighted by Crippen LogP contribution is -2.27. The summed E-state index contributed by atoms with van der Waals surface area (Å²) in [5, 5.41) is 15.4. The first kappa shape index (κ1) is 21.9. The van der Waals surface area contributed by atoms with Gasteiger partial charge in [0.25, 0.3) is 5.91 Å². The number of carbonyl (C=O) groups excluding carboxylic acids is 1. The highest BCUT2D eigenvalue weighted by atomic mass is 35.5. The minimum absolute atomic E-state index is 0.0701. The van der Waals surface area contributed by atoms with Crippen LogP contribution < -0.4 is 24.8 Å². The highest BCUT2D eigenvalue weighted by Crippen LogP contribution is 2.28. The summed E-state index contributed by atoms with van der Waals surface area (Å²) in [7, 11) is 4.65. The Labute approximate surface area is 174 Å². The Morgan fingerprint density at radius 3 is 2.41 bits per heavy atom. The van der Waals surface area contributed by atoms with Gasteiger partial charge in [-0.3, -0.25) is 4.79 Å². The molecular formula is C21H22ClN3O4. The zero-order valence-corrected chi connectivity index (χ0v) is 17.2. The molecule has 7 nitrogen and oxygen atoms in total. The van der Waals surface area contributed by atoms with Crippen molar-refractivity contribution < 1.29 is 19.0 Å². The summed E-state index contributed by atoms with van der Waals surface area (Å²) in [6, 6.07) is 12.4. The molecule has 2 N–H and O–H groups in total. The smallest absolute Gasteiger partial charge is 0.263 e. The average Bonchev–Trinajstić information content (AvgIpc) is 2.74. The Kier molecular flexibility index (Phi) is 8.19. The maximum absolute atomic E-state index is 12.3. The van der Waals surface area contributed by atoms with Crippen LogP contribution in [0.15, 0.2) is 48.2 Å². The zero-order chi connectivity index (χ0) is 21.2. The van der Waals surface area contributed by atoms with Crippen molar-refractivity contribution in [2.24, 2.45) is 0 Å². The lowest BCUT2D eigenvalue weighted by atomic mass is 10.1. The molecule has 0 aliphatic rings. The number of halogens is 1. The third kappa shape index (κ3) is 6.06. The molecule has 0 unspecified atom stereocenters. The topological polar surface area (TPSA) is 92.6 Å². The van der Waals surface area contributed by atoms with Crippen molar-refractivity contribution in [3.8, 4) is 23.3 Å². The van der Waals surface area contributed by atoms with Gasteiger partial charge in [-0.05, 0) is 42.3 Å². The SMILES string of the molecule is COc1ccc(Cl)cc1N/C=C(/C#N)C(=O)NCCc1ccc(OC)c(OC)c1. The number of benzene rings is 2. The van der Waals surface area contributed by atoms with Crippen LogP contribution in [0.2, 0.25) is 5.02 Å². The normalized spacial score (nSPS) is 10.7. The third-order valence-electron chi connectivity index (χ3n) is 4.05. The molecule has 0 saturated heterocycles. The van der Waals surface area contributed by atoms with Crippen molar-refractivity contribution in [1.29, 1.82) is 5.26 Å². The minimum atomic E-state index is -0.485. The molecule has 0 saturated carbocycles. The average molecular weight is 416 g/mol. The number of carbonyl (C=O) groups is 1. The van der Waals surface area contributed by atoms with E-state index in [1.165, 1.54) is 13.3 Å². The molecule has 0 radical (unpaired) electrons. The summed E-state index contributed by atoms with van der Waals surface area (Å²) in [5.74, 6) is 1.31. The molecule has 0 fully saturated rings. The molecule has 0 aromatic heterocycles. The number of nitriles is 1. The minimum Gasteiger partial charge on any atom is -0.495 e. The highest BCUT2D eigenvalue weighted by molar-refractivity contribution is 6.30. The van der Waals surface area contributed by atoms with Crippen molar-refractivity contribution >= 4 is 23.2 Å².